The number of nitriles is 1. The molecule has 1 heterocycles. The molecule has 1 fully saturated rings. The van der Waals surface area contributed by atoms with E-state index < -0.39 is 0 Å². The molecule has 0 bridgehead atoms. The third-order valence-corrected chi connectivity index (χ3v) is 4.58. The van der Waals surface area contributed by atoms with Gasteiger partial charge in [-0.3, -0.25) is 4.79 Å². The minimum Gasteiger partial charge on any atom is -0.496 e. The normalized spacial score (nSPS) is 13.2. The SMILES string of the molecule is COc1cccc(C#N)c1-c1ccc2cc(NC(=O)C3CC3)ncc2c1. The minimum absolute atomic E-state index is 0.0427. The van der Waals surface area contributed by atoms with Gasteiger partial charge in [0.25, 0.3) is 0 Å². The van der Waals surface area contributed by atoms with Crippen molar-refractivity contribution in [3.8, 4) is 22.9 Å². The van der Waals surface area contributed by atoms with Crippen molar-refractivity contribution in [3.63, 3.8) is 0 Å². The second-order valence-electron chi connectivity index (χ2n) is 6.39. The molecule has 0 saturated heterocycles. The lowest BCUT2D eigenvalue weighted by Crippen LogP contribution is -2.14. The van der Waals surface area contributed by atoms with Gasteiger partial charge in [-0.2, -0.15) is 5.26 Å². The molecule has 1 saturated carbocycles. The number of amides is 1. The van der Waals surface area contributed by atoms with E-state index in [-0.39, 0.29) is 11.8 Å². The number of benzene rings is 2. The van der Waals surface area contributed by atoms with Crippen LogP contribution in [0.2, 0.25) is 0 Å². The maximum Gasteiger partial charge on any atom is 0.228 e. The number of carbonyl (C=O) groups is 1. The molecule has 3 aromatic rings. The lowest BCUT2D eigenvalue weighted by Gasteiger charge is -2.11. The number of methoxy groups -OCH3 is 1. The number of hydrogen-bond acceptors (Lipinski definition) is 4. The third kappa shape index (κ3) is 2.98. The second-order valence-corrected chi connectivity index (χ2v) is 6.39. The summed E-state index contributed by atoms with van der Waals surface area (Å²) in [5, 5.41) is 14.2. The Morgan fingerprint density at radius 1 is 1.23 bits per heavy atom. The number of pyridine rings is 1. The maximum atomic E-state index is 11.9. The Morgan fingerprint density at radius 3 is 2.81 bits per heavy atom. The van der Waals surface area contributed by atoms with E-state index in [0.29, 0.717) is 17.1 Å². The molecule has 1 aliphatic rings. The van der Waals surface area contributed by atoms with Crippen LogP contribution in [0, 0.1) is 17.2 Å². The molecule has 1 aliphatic carbocycles. The summed E-state index contributed by atoms with van der Waals surface area (Å²) in [5.74, 6) is 1.41. The number of carbonyl (C=O) groups excluding carboxylic acids is 1. The molecule has 0 atom stereocenters. The predicted molar refractivity (Wildman–Crippen MR) is 99.8 cm³/mol. The van der Waals surface area contributed by atoms with Gasteiger partial charge in [0.2, 0.25) is 5.91 Å². The number of aromatic nitrogens is 1. The molecule has 1 amide bonds. The van der Waals surface area contributed by atoms with Crippen LogP contribution in [0.4, 0.5) is 5.82 Å². The zero-order valence-electron chi connectivity index (χ0n) is 14.3. The van der Waals surface area contributed by atoms with Gasteiger partial charge >= 0.3 is 0 Å². The molecule has 0 radical (unpaired) electrons. The first kappa shape index (κ1) is 16.1. The zero-order valence-corrected chi connectivity index (χ0v) is 14.3. The maximum absolute atomic E-state index is 11.9. The molecule has 0 aliphatic heterocycles. The van der Waals surface area contributed by atoms with Crippen LogP contribution in [0.1, 0.15) is 18.4 Å². The fourth-order valence-electron chi connectivity index (χ4n) is 3.03. The molecule has 2 aromatic carbocycles. The molecule has 26 heavy (non-hydrogen) atoms. The number of nitrogens with zero attached hydrogens (tertiary/aromatic N) is 2. The Balaban J connectivity index is 1.73. The highest BCUT2D eigenvalue weighted by Crippen LogP contribution is 2.35. The summed E-state index contributed by atoms with van der Waals surface area (Å²) < 4.78 is 5.43. The van der Waals surface area contributed by atoms with Crippen molar-refractivity contribution >= 4 is 22.5 Å². The van der Waals surface area contributed by atoms with Gasteiger partial charge in [-0.25, -0.2) is 4.98 Å². The average molecular weight is 343 g/mol. The first-order valence-corrected chi connectivity index (χ1v) is 8.48. The van der Waals surface area contributed by atoms with Crippen LogP contribution in [0.15, 0.2) is 48.7 Å². The summed E-state index contributed by atoms with van der Waals surface area (Å²) in [6.45, 7) is 0. The lowest BCUT2D eigenvalue weighted by atomic mass is 9.97. The van der Waals surface area contributed by atoms with Gasteiger partial charge in [0.05, 0.1) is 18.7 Å². The van der Waals surface area contributed by atoms with Gasteiger partial charge in [-0.15, -0.1) is 0 Å². The van der Waals surface area contributed by atoms with Crippen LogP contribution < -0.4 is 10.1 Å². The Labute approximate surface area is 151 Å². The Bertz CT molecular complexity index is 1050. The molecule has 0 spiro atoms. The van der Waals surface area contributed by atoms with Gasteiger partial charge < -0.3 is 10.1 Å². The summed E-state index contributed by atoms with van der Waals surface area (Å²) in [6.07, 6.45) is 3.66. The fourth-order valence-corrected chi connectivity index (χ4v) is 3.03. The first-order valence-electron chi connectivity index (χ1n) is 8.48. The van der Waals surface area contributed by atoms with Gasteiger partial charge in [0.1, 0.15) is 11.6 Å². The Hall–Kier alpha value is -3.39. The van der Waals surface area contributed by atoms with Crippen LogP contribution in [-0.4, -0.2) is 18.0 Å². The molecule has 4 rings (SSSR count). The Kier molecular flexibility index (Phi) is 4.02. The van der Waals surface area contributed by atoms with E-state index in [9.17, 15) is 10.1 Å². The van der Waals surface area contributed by atoms with E-state index in [1.165, 1.54) is 0 Å². The van der Waals surface area contributed by atoms with E-state index in [1.54, 1.807) is 25.4 Å². The number of hydrogen-bond donors (Lipinski definition) is 1. The number of ether oxygens (including phenoxy) is 1. The minimum atomic E-state index is 0.0427. The molecule has 1 N–H and O–H groups in total. The van der Waals surface area contributed by atoms with Crippen LogP contribution in [0.5, 0.6) is 5.75 Å². The molecule has 0 unspecified atom stereocenters. The van der Waals surface area contributed by atoms with Gasteiger partial charge in [0, 0.05) is 23.1 Å². The highest BCUT2D eigenvalue weighted by Gasteiger charge is 2.29. The quantitative estimate of drug-likeness (QED) is 0.773. The summed E-state index contributed by atoms with van der Waals surface area (Å²) in [5.41, 5.74) is 2.22. The molecule has 1 aromatic heterocycles. The van der Waals surface area contributed by atoms with Crippen molar-refractivity contribution in [2.24, 2.45) is 5.92 Å². The van der Waals surface area contributed by atoms with E-state index in [4.69, 9.17) is 4.74 Å². The fraction of sp³-hybridized carbons (Fsp3) is 0.190. The number of rotatable bonds is 4. The van der Waals surface area contributed by atoms with Crippen molar-refractivity contribution in [2.45, 2.75) is 12.8 Å². The van der Waals surface area contributed by atoms with Crippen molar-refractivity contribution in [1.29, 1.82) is 5.26 Å². The molecular formula is C21H17N3O2. The number of anilines is 1. The highest BCUT2D eigenvalue weighted by molar-refractivity contribution is 5.96. The van der Waals surface area contributed by atoms with E-state index in [1.807, 2.05) is 30.3 Å². The first-order chi connectivity index (χ1) is 12.7. The van der Waals surface area contributed by atoms with Crippen molar-refractivity contribution in [3.05, 3.63) is 54.2 Å². The summed E-state index contributed by atoms with van der Waals surface area (Å²) >= 11 is 0. The van der Waals surface area contributed by atoms with Crippen LogP contribution >= 0.6 is 0 Å². The summed E-state index contributed by atoms with van der Waals surface area (Å²) in [6, 6.07) is 15.4. The lowest BCUT2D eigenvalue weighted by molar-refractivity contribution is -0.117. The monoisotopic (exact) mass is 343 g/mol. The predicted octanol–water partition coefficient (Wildman–Crippen LogP) is 4.13. The molecule has 5 nitrogen and oxygen atoms in total. The topological polar surface area (TPSA) is 75.0 Å². The molecular weight excluding hydrogens is 326 g/mol. The van der Waals surface area contributed by atoms with E-state index in [0.717, 1.165) is 34.7 Å². The highest BCUT2D eigenvalue weighted by atomic mass is 16.5. The standard InChI is InChI=1S/C21H17N3O2/c1-26-18-4-2-3-16(11-22)20(18)15-8-7-14-10-19(23-12-17(14)9-15)24-21(25)13-5-6-13/h2-4,7-10,12-13H,5-6H2,1H3,(H,23,24,25). The van der Waals surface area contributed by atoms with Gasteiger partial charge in [-0.05, 0) is 48.1 Å². The van der Waals surface area contributed by atoms with Crippen molar-refractivity contribution < 1.29 is 9.53 Å². The van der Waals surface area contributed by atoms with Gasteiger partial charge in [-0.1, -0.05) is 18.2 Å². The van der Waals surface area contributed by atoms with Crippen molar-refractivity contribution in [2.75, 3.05) is 12.4 Å². The van der Waals surface area contributed by atoms with Crippen LogP contribution in [-0.2, 0) is 4.79 Å². The van der Waals surface area contributed by atoms with Crippen LogP contribution in [0.25, 0.3) is 21.9 Å². The second kappa shape index (κ2) is 6.49. The van der Waals surface area contributed by atoms with E-state index in [2.05, 4.69) is 16.4 Å². The Morgan fingerprint density at radius 2 is 2.08 bits per heavy atom. The zero-order chi connectivity index (χ0) is 18.1. The average Bonchev–Trinajstić information content (AvgIpc) is 3.52. The smallest absolute Gasteiger partial charge is 0.228 e. The largest absolute Gasteiger partial charge is 0.496 e. The van der Waals surface area contributed by atoms with E-state index >= 15 is 0 Å². The number of nitrogens with one attached hydrogen (secondary N) is 1. The molecule has 128 valence electrons. The molecule has 5 heteroatoms. The number of fused-ring (bicyclic) bond motifs is 1. The third-order valence-electron chi connectivity index (χ3n) is 4.58. The van der Waals surface area contributed by atoms with Crippen LogP contribution in [0.3, 0.4) is 0 Å². The van der Waals surface area contributed by atoms with Crippen molar-refractivity contribution in [1.82, 2.24) is 4.98 Å². The summed E-state index contributed by atoms with van der Waals surface area (Å²) in [7, 11) is 1.59. The van der Waals surface area contributed by atoms with Gasteiger partial charge in [0.15, 0.2) is 0 Å². The summed E-state index contributed by atoms with van der Waals surface area (Å²) in [4.78, 5) is 16.2.